The summed E-state index contributed by atoms with van der Waals surface area (Å²) in [5.41, 5.74) is 0. The molecule has 0 amide bonds. The summed E-state index contributed by atoms with van der Waals surface area (Å²) in [4.78, 5) is 23.1. The monoisotopic (exact) mass is 613 g/mol. The Balaban J connectivity index is 4.04. The second kappa shape index (κ2) is 35.1. The number of rotatable bonds is 32. The fourth-order valence-electron chi connectivity index (χ4n) is 5.10. The van der Waals surface area contributed by atoms with Crippen LogP contribution in [0.5, 0.6) is 0 Å². The number of ether oxygens (including phenoxy) is 1. The number of unbranched alkanes of at least 4 members (excludes halogenated alkanes) is 13. The highest BCUT2D eigenvalue weighted by Crippen LogP contribution is 2.18. The molecule has 0 aromatic carbocycles. The molecule has 1 N–H and O–H groups in total. The van der Waals surface area contributed by atoms with Crippen LogP contribution in [0.15, 0.2) is 60.8 Å². The van der Waals surface area contributed by atoms with Crippen molar-refractivity contribution in [2.45, 2.75) is 180 Å². The number of carboxylic acid groups (broad SMARTS) is 1. The zero-order chi connectivity index (χ0) is 32.2. The number of allylic oxidation sites excluding steroid dienone is 10. The third kappa shape index (κ3) is 34.1. The highest BCUT2D eigenvalue weighted by atomic mass is 16.5. The highest BCUT2D eigenvalue weighted by Gasteiger charge is 2.14. The molecular weight excluding hydrogens is 544 g/mol. The lowest BCUT2D eigenvalue weighted by Gasteiger charge is -2.18. The highest BCUT2D eigenvalue weighted by molar-refractivity contribution is 5.69. The van der Waals surface area contributed by atoms with Gasteiger partial charge in [0, 0.05) is 12.8 Å². The SMILES string of the molecule is CC/C=C\C/C=C\C/C=C\C/C=C\C/C=C\CCCC(=O)OC(CCCCCCC)CCCCCCCCCCCC(=O)O. The molecule has 252 valence electrons. The van der Waals surface area contributed by atoms with Crippen LogP contribution in [-0.4, -0.2) is 23.1 Å². The van der Waals surface area contributed by atoms with Crippen molar-refractivity contribution in [3.8, 4) is 0 Å². The van der Waals surface area contributed by atoms with Crippen LogP contribution in [0.25, 0.3) is 0 Å². The van der Waals surface area contributed by atoms with Gasteiger partial charge in [0.1, 0.15) is 6.10 Å². The Labute approximate surface area is 272 Å². The zero-order valence-electron chi connectivity index (χ0n) is 28.7. The minimum absolute atomic E-state index is 0.0289. The first-order valence-electron chi connectivity index (χ1n) is 18.3. The van der Waals surface area contributed by atoms with Crippen LogP contribution in [0.3, 0.4) is 0 Å². The predicted octanol–water partition coefficient (Wildman–Crippen LogP) is 12.6. The number of esters is 1. The maximum atomic E-state index is 12.6. The van der Waals surface area contributed by atoms with Crippen molar-refractivity contribution < 1.29 is 19.4 Å². The fraction of sp³-hybridized carbons (Fsp3) is 0.700. The molecule has 0 aliphatic carbocycles. The summed E-state index contributed by atoms with van der Waals surface area (Å²) in [6, 6.07) is 0. The quantitative estimate of drug-likeness (QED) is 0.0466. The van der Waals surface area contributed by atoms with Gasteiger partial charge in [-0.2, -0.15) is 0 Å². The van der Waals surface area contributed by atoms with Crippen LogP contribution in [0.2, 0.25) is 0 Å². The number of hydrogen-bond acceptors (Lipinski definition) is 3. The Morgan fingerprint density at radius 3 is 1.43 bits per heavy atom. The first-order valence-corrected chi connectivity index (χ1v) is 18.3. The minimum atomic E-state index is -0.684. The van der Waals surface area contributed by atoms with Gasteiger partial charge >= 0.3 is 11.9 Å². The summed E-state index contributed by atoms with van der Waals surface area (Å²) in [5, 5.41) is 8.70. The van der Waals surface area contributed by atoms with Gasteiger partial charge in [0.05, 0.1) is 0 Å². The van der Waals surface area contributed by atoms with E-state index in [1.54, 1.807) is 0 Å². The molecule has 4 nitrogen and oxygen atoms in total. The number of hydrogen-bond donors (Lipinski definition) is 1. The van der Waals surface area contributed by atoms with E-state index >= 15 is 0 Å². The second-order valence-electron chi connectivity index (χ2n) is 12.0. The molecule has 0 radical (unpaired) electrons. The average Bonchev–Trinajstić information content (AvgIpc) is 3.00. The van der Waals surface area contributed by atoms with Crippen LogP contribution in [0.4, 0.5) is 0 Å². The molecule has 0 saturated heterocycles. The van der Waals surface area contributed by atoms with Gasteiger partial charge in [-0.1, -0.05) is 145 Å². The van der Waals surface area contributed by atoms with E-state index in [-0.39, 0.29) is 12.1 Å². The van der Waals surface area contributed by atoms with Crippen LogP contribution >= 0.6 is 0 Å². The molecule has 4 heteroatoms. The van der Waals surface area contributed by atoms with Crippen molar-refractivity contribution in [3.05, 3.63) is 60.8 Å². The Hall–Kier alpha value is -2.36. The van der Waals surface area contributed by atoms with E-state index in [2.05, 4.69) is 74.6 Å². The number of carbonyl (C=O) groups excluding carboxylic acids is 1. The molecule has 0 saturated carbocycles. The van der Waals surface area contributed by atoms with E-state index in [1.165, 1.54) is 57.8 Å². The second-order valence-corrected chi connectivity index (χ2v) is 12.0. The lowest BCUT2D eigenvalue weighted by molar-refractivity contribution is -0.150. The number of aliphatic carboxylic acids is 1. The van der Waals surface area contributed by atoms with Crippen molar-refractivity contribution in [1.82, 2.24) is 0 Å². The van der Waals surface area contributed by atoms with Crippen LogP contribution in [0, 0.1) is 0 Å². The molecule has 0 heterocycles. The molecule has 44 heavy (non-hydrogen) atoms. The molecule has 1 atom stereocenters. The van der Waals surface area contributed by atoms with E-state index in [9.17, 15) is 9.59 Å². The first-order chi connectivity index (χ1) is 21.6. The molecule has 0 aromatic rings. The maximum absolute atomic E-state index is 12.6. The summed E-state index contributed by atoms with van der Waals surface area (Å²) in [6.45, 7) is 4.40. The predicted molar refractivity (Wildman–Crippen MR) is 190 cm³/mol. The largest absolute Gasteiger partial charge is 0.481 e. The van der Waals surface area contributed by atoms with Crippen LogP contribution in [-0.2, 0) is 14.3 Å². The van der Waals surface area contributed by atoms with E-state index in [0.717, 1.165) is 89.9 Å². The Bertz CT molecular complexity index is 789. The fourth-order valence-corrected chi connectivity index (χ4v) is 5.10. The van der Waals surface area contributed by atoms with Crippen LogP contribution in [0.1, 0.15) is 174 Å². The van der Waals surface area contributed by atoms with Gasteiger partial charge in [-0.05, 0) is 77.0 Å². The number of carboxylic acids is 1. The Morgan fingerprint density at radius 1 is 0.523 bits per heavy atom. The molecule has 0 aromatic heterocycles. The average molecular weight is 613 g/mol. The molecule has 0 spiro atoms. The third-order valence-corrected chi connectivity index (χ3v) is 7.75. The molecule has 0 bridgehead atoms. The normalized spacial score (nSPS) is 13.0. The van der Waals surface area contributed by atoms with E-state index in [1.807, 2.05) is 0 Å². The molecule has 0 rings (SSSR count). The van der Waals surface area contributed by atoms with Crippen molar-refractivity contribution >= 4 is 11.9 Å². The Kier molecular flexibility index (Phi) is 33.2. The van der Waals surface area contributed by atoms with Gasteiger partial charge in [0.2, 0.25) is 0 Å². The van der Waals surface area contributed by atoms with Gasteiger partial charge in [0.15, 0.2) is 0 Å². The summed E-state index contributed by atoms with van der Waals surface area (Å²) in [5.74, 6) is -0.713. The molecule has 0 aliphatic heterocycles. The summed E-state index contributed by atoms with van der Waals surface area (Å²) in [7, 11) is 0. The summed E-state index contributed by atoms with van der Waals surface area (Å²) < 4.78 is 5.96. The van der Waals surface area contributed by atoms with Gasteiger partial charge in [-0.25, -0.2) is 0 Å². The van der Waals surface area contributed by atoms with Crippen LogP contribution < -0.4 is 0 Å². The van der Waals surface area contributed by atoms with E-state index in [0.29, 0.717) is 12.8 Å². The van der Waals surface area contributed by atoms with Gasteiger partial charge in [0.25, 0.3) is 0 Å². The number of carbonyl (C=O) groups is 2. The Morgan fingerprint density at radius 2 is 0.955 bits per heavy atom. The van der Waals surface area contributed by atoms with Gasteiger partial charge < -0.3 is 9.84 Å². The smallest absolute Gasteiger partial charge is 0.306 e. The van der Waals surface area contributed by atoms with Gasteiger partial charge in [-0.3, -0.25) is 9.59 Å². The first kappa shape index (κ1) is 41.6. The molecule has 0 fully saturated rings. The summed E-state index contributed by atoms with van der Waals surface area (Å²) in [6.07, 6.45) is 48.2. The zero-order valence-corrected chi connectivity index (χ0v) is 28.7. The molecule has 1 unspecified atom stereocenters. The van der Waals surface area contributed by atoms with E-state index < -0.39 is 5.97 Å². The summed E-state index contributed by atoms with van der Waals surface area (Å²) >= 11 is 0. The van der Waals surface area contributed by atoms with Crippen molar-refractivity contribution in [3.63, 3.8) is 0 Å². The lowest BCUT2D eigenvalue weighted by Crippen LogP contribution is -2.18. The molecular formula is C40H68O4. The van der Waals surface area contributed by atoms with E-state index in [4.69, 9.17) is 9.84 Å². The standard InChI is InChI=1S/C40H68O4/c1-3-5-7-9-10-11-12-13-14-15-16-17-18-22-25-29-33-37-40(43)44-38(34-30-26-8-6-4-2)35-31-27-23-20-19-21-24-28-32-36-39(41)42/h5,7,10-11,13-14,16-17,22,25,38H,3-4,6,8-9,12,15,18-21,23-24,26-37H2,1-2H3,(H,41,42)/b7-5-,11-10-,14-13-,17-16-,25-22-. The van der Waals surface area contributed by atoms with Crippen molar-refractivity contribution in [1.29, 1.82) is 0 Å². The topological polar surface area (TPSA) is 63.6 Å². The molecule has 0 aliphatic rings. The van der Waals surface area contributed by atoms with Crippen molar-refractivity contribution in [2.75, 3.05) is 0 Å². The van der Waals surface area contributed by atoms with Gasteiger partial charge in [-0.15, -0.1) is 0 Å². The lowest BCUT2D eigenvalue weighted by atomic mass is 10.0. The maximum Gasteiger partial charge on any atom is 0.306 e. The van der Waals surface area contributed by atoms with Crippen molar-refractivity contribution in [2.24, 2.45) is 0 Å². The minimum Gasteiger partial charge on any atom is -0.481 e. The third-order valence-electron chi connectivity index (χ3n) is 7.75.